The Labute approximate surface area is 195 Å². The summed E-state index contributed by atoms with van der Waals surface area (Å²) in [4.78, 5) is 42.8. The maximum Gasteiger partial charge on any atom is 0.410 e. The number of benzene rings is 1. The lowest BCUT2D eigenvalue weighted by atomic mass is 9.90. The monoisotopic (exact) mass is 457 g/mol. The Morgan fingerprint density at radius 3 is 2.55 bits per heavy atom. The molecule has 180 valence electrons. The summed E-state index contributed by atoms with van der Waals surface area (Å²) in [6, 6.07) is 8.90. The Morgan fingerprint density at radius 1 is 1.09 bits per heavy atom. The summed E-state index contributed by atoms with van der Waals surface area (Å²) >= 11 is 0. The van der Waals surface area contributed by atoms with E-state index in [1.54, 1.807) is 16.7 Å². The second-order valence-electron chi connectivity index (χ2n) is 9.66. The molecule has 2 saturated heterocycles. The van der Waals surface area contributed by atoms with Gasteiger partial charge in [-0.05, 0) is 50.0 Å². The molecule has 1 aromatic carbocycles. The molecule has 0 unspecified atom stereocenters. The number of β-amino-alcohol motifs (C(OH)–C–C–N with tert-alkyl or cyclic N) is 1. The zero-order valence-corrected chi connectivity index (χ0v) is 19.4. The second kappa shape index (κ2) is 10.1. The highest BCUT2D eigenvalue weighted by atomic mass is 16.6. The van der Waals surface area contributed by atoms with Crippen LogP contribution in [0.15, 0.2) is 30.3 Å². The number of likely N-dealkylation sites (tertiary alicyclic amines) is 1. The van der Waals surface area contributed by atoms with Crippen LogP contribution in [0.25, 0.3) is 0 Å². The number of aliphatic hydroxyl groups is 1. The van der Waals surface area contributed by atoms with Crippen molar-refractivity contribution in [3.8, 4) is 0 Å². The van der Waals surface area contributed by atoms with E-state index in [1.807, 2.05) is 30.3 Å². The van der Waals surface area contributed by atoms with Crippen molar-refractivity contribution in [1.29, 1.82) is 0 Å². The Balaban J connectivity index is 1.15. The van der Waals surface area contributed by atoms with E-state index < -0.39 is 12.1 Å². The van der Waals surface area contributed by atoms with Gasteiger partial charge in [0.2, 0.25) is 11.8 Å². The van der Waals surface area contributed by atoms with Crippen LogP contribution in [0.5, 0.6) is 0 Å². The number of ether oxygens (including phenoxy) is 1. The first-order valence-electron chi connectivity index (χ1n) is 12.1. The summed E-state index contributed by atoms with van der Waals surface area (Å²) in [6.45, 7) is 4.60. The fourth-order valence-electron chi connectivity index (χ4n) is 4.93. The van der Waals surface area contributed by atoms with E-state index in [1.165, 1.54) is 4.90 Å². The van der Waals surface area contributed by atoms with E-state index in [9.17, 15) is 19.5 Å². The first-order valence-corrected chi connectivity index (χ1v) is 12.1. The standard InChI is InChI=1S/C25H35N3O5/c1-19-23(31)26(15-16-28(19)24(32)33-18-20-7-3-2-4-8-20)13-6-5-9-22(30)27-14-12-25(10-11-25)21(29)17-27/h2-4,7-8,19,21,29H,5-6,9-18H2,1H3/t19-,21+/m0/s1. The van der Waals surface area contributed by atoms with Gasteiger partial charge in [-0.15, -0.1) is 0 Å². The van der Waals surface area contributed by atoms with Gasteiger partial charge in [-0.2, -0.15) is 0 Å². The lowest BCUT2D eigenvalue weighted by molar-refractivity contribution is -0.140. The number of aliphatic hydroxyl groups excluding tert-OH is 1. The first-order chi connectivity index (χ1) is 15.9. The number of carbonyl (C=O) groups is 3. The smallest absolute Gasteiger partial charge is 0.410 e. The predicted octanol–water partition coefficient (Wildman–Crippen LogP) is 2.40. The number of carbonyl (C=O) groups excluding carboxylic acids is 3. The molecule has 1 spiro atoms. The topological polar surface area (TPSA) is 90.4 Å². The van der Waals surface area contributed by atoms with Gasteiger partial charge in [0.05, 0.1) is 6.10 Å². The van der Waals surface area contributed by atoms with Crippen molar-refractivity contribution in [3.05, 3.63) is 35.9 Å². The number of rotatable bonds is 7. The summed E-state index contributed by atoms with van der Waals surface area (Å²) in [5.41, 5.74) is 1.01. The van der Waals surface area contributed by atoms with Crippen LogP contribution >= 0.6 is 0 Å². The van der Waals surface area contributed by atoms with Crippen molar-refractivity contribution in [1.82, 2.24) is 14.7 Å². The van der Waals surface area contributed by atoms with Crippen molar-refractivity contribution in [2.75, 3.05) is 32.7 Å². The van der Waals surface area contributed by atoms with E-state index in [-0.39, 0.29) is 29.9 Å². The number of hydrogen-bond donors (Lipinski definition) is 1. The minimum atomic E-state index is -0.562. The molecule has 0 aromatic heterocycles. The average Bonchev–Trinajstić information content (AvgIpc) is 3.61. The molecular weight excluding hydrogens is 422 g/mol. The minimum absolute atomic E-state index is 0.0851. The average molecular weight is 458 g/mol. The van der Waals surface area contributed by atoms with Gasteiger partial charge >= 0.3 is 6.09 Å². The van der Waals surface area contributed by atoms with Crippen LogP contribution in [0, 0.1) is 5.41 Å². The summed E-state index contributed by atoms with van der Waals surface area (Å²) in [5, 5.41) is 10.3. The Bertz CT molecular complexity index is 857. The van der Waals surface area contributed by atoms with Crippen molar-refractivity contribution < 1.29 is 24.2 Å². The van der Waals surface area contributed by atoms with Crippen LogP contribution < -0.4 is 0 Å². The Morgan fingerprint density at radius 2 is 1.85 bits per heavy atom. The third-order valence-corrected chi connectivity index (χ3v) is 7.48. The Hall–Kier alpha value is -2.61. The van der Waals surface area contributed by atoms with Crippen LogP contribution in [-0.4, -0.2) is 82.6 Å². The Kier molecular flexibility index (Phi) is 7.22. The molecule has 1 aliphatic carbocycles. The lowest BCUT2D eigenvalue weighted by Gasteiger charge is -2.38. The fourth-order valence-corrected chi connectivity index (χ4v) is 4.93. The van der Waals surface area contributed by atoms with Crippen LogP contribution in [0.1, 0.15) is 51.0 Å². The molecule has 33 heavy (non-hydrogen) atoms. The van der Waals surface area contributed by atoms with Crippen LogP contribution in [0.3, 0.4) is 0 Å². The van der Waals surface area contributed by atoms with Crippen LogP contribution in [0.2, 0.25) is 0 Å². The minimum Gasteiger partial charge on any atom is -0.445 e. The number of hydrogen-bond acceptors (Lipinski definition) is 5. The third kappa shape index (κ3) is 5.49. The van der Waals surface area contributed by atoms with Gasteiger partial charge in [0.25, 0.3) is 0 Å². The quantitative estimate of drug-likeness (QED) is 0.635. The summed E-state index contributed by atoms with van der Waals surface area (Å²) < 4.78 is 5.38. The van der Waals surface area contributed by atoms with E-state index in [0.717, 1.165) is 37.8 Å². The number of piperidine rings is 1. The van der Waals surface area contributed by atoms with E-state index in [2.05, 4.69) is 0 Å². The number of unbranched alkanes of at least 4 members (excludes halogenated alkanes) is 1. The first kappa shape index (κ1) is 23.5. The molecule has 2 atom stereocenters. The highest BCUT2D eigenvalue weighted by Gasteiger charge is 2.51. The highest BCUT2D eigenvalue weighted by molar-refractivity contribution is 5.86. The summed E-state index contributed by atoms with van der Waals surface area (Å²) in [7, 11) is 0. The number of nitrogens with zero attached hydrogens (tertiary/aromatic N) is 3. The third-order valence-electron chi connectivity index (χ3n) is 7.48. The number of amides is 3. The van der Waals surface area contributed by atoms with Crippen molar-refractivity contribution >= 4 is 17.9 Å². The summed E-state index contributed by atoms with van der Waals surface area (Å²) in [6.07, 6.45) is 4.10. The molecule has 1 N–H and O–H groups in total. The van der Waals surface area contributed by atoms with E-state index in [0.29, 0.717) is 39.0 Å². The molecule has 1 saturated carbocycles. The zero-order valence-electron chi connectivity index (χ0n) is 19.4. The van der Waals surface area contributed by atoms with Gasteiger partial charge < -0.3 is 19.6 Å². The van der Waals surface area contributed by atoms with Gasteiger partial charge in [0, 0.05) is 39.1 Å². The fraction of sp³-hybridized carbons (Fsp3) is 0.640. The SMILES string of the molecule is C[C@H]1C(=O)N(CCCCC(=O)N2CCC3(CC3)[C@H](O)C2)CCN1C(=O)OCc1ccccc1. The molecule has 1 aromatic rings. The van der Waals surface area contributed by atoms with Gasteiger partial charge in [-0.1, -0.05) is 30.3 Å². The molecule has 4 rings (SSSR count). The molecule has 3 amide bonds. The van der Waals surface area contributed by atoms with Crippen molar-refractivity contribution in [2.45, 2.75) is 64.2 Å². The van der Waals surface area contributed by atoms with Crippen molar-refractivity contribution in [3.63, 3.8) is 0 Å². The predicted molar refractivity (Wildman–Crippen MR) is 122 cm³/mol. The van der Waals surface area contributed by atoms with Gasteiger partial charge in [-0.3, -0.25) is 14.5 Å². The maximum atomic E-state index is 12.8. The number of piperazine rings is 1. The molecule has 3 aliphatic rings. The summed E-state index contributed by atoms with van der Waals surface area (Å²) in [5.74, 6) is 0.00773. The molecule has 0 radical (unpaired) electrons. The normalized spacial score (nSPS) is 24.2. The largest absolute Gasteiger partial charge is 0.445 e. The van der Waals surface area contributed by atoms with Crippen LogP contribution in [-0.2, 0) is 20.9 Å². The molecule has 3 fully saturated rings. The van der Waals surface area contributed by atoms with Gasteiger partial charge in [0.1, 0.15) is 12.6 Å². The zero-order chi connectivity index (χ0) is 23.4. The van der Waals surface area contributed by atoms with Gasteiger partial charge in [-0.25, -0.2) is 4.79 Å². The van der Waals surface area contributed by atoms with Crippen molar-refractivity contribution in [2.24, 2.45) is 5.41 Å². The molecule has 8 nitrogen and oxygen atoms in total. The molecule has 0 bridgehead atoms. The molecule has 2 aliphatic heterocycles. The molecule has 2 heterocycles. The molecular formula is C25H35N3O5. The van der Waals surface area contributed by atoms with E-state index >= 15 is 0 Å². The lowest BCUT2D eigenvalue weighted by Crippen LogP contribution is -2.57. The second-order valence-corrected chi connectivity index (χ2v) is 9.66. The molecule has 8 heteroatoms. The van der Waals surface area contributed by atoms with E-state index in [4.69, 9.17) is 4.74 Å². The van der Waals surface area contributed by atoms with Crippen LogP contribution in [0.4, 0.5) is 4.79 Å². The van der Waals surface area contributed by atoms with Gasteiger partial charge in [0.15, 0.2) is 0 Å². The highest BCUT2D eigenvalue weighted by Crippen LogP contribution is 2.53. The maximum absolute atomic E-state index is 12.8.